The summed E-state index contributed by atoms with van der Waals surface area (Å²) in [5.74, 6) is 0. The first kappa shape index (κ1) is 19.2. The summed E-state index contributed by atoms with van der Waals surface area (Å²) in [6, 6.07) is 15.4. The molecule has 0 fully saturated rings. The van der Waals surface area contributed by atoms with E-state index in [-0.39, 0.29) is 0 Å². The van der Waals surface area contributed by atoms with Gasteiger partial charge in [-0.15, -0.1) is 11.3 Å². The van der Waals surface area contributed by atoms with Crippen molar-refractivity contribution in [3.05, 3.63) is 66.3 Å². The maximum absolute atomic E-state index is 2.31. The van der Waals surface area contributed by atoms with E-state index < -0.39 is 0 Å². The molecular formula is C22H28S. The van der Waals surface area contributed by atoms with Gasteiger partial charge in [0.25, 0.3) is 0 Å². The van der Waals surface area contributed by atoms with Crippen LogP contribution >= 0.6 is 11.3 Å². The van der Waals surface area contributed by atoms with Crippen molar-refractivity contribution in [3.63, 3.8) is 0 Å². The van der Waals surface area contributed by atoms with Crippen molar-refractivity contribution in [3.8, 4) is 0 Å². The zero-order valence-corrected chi connectivity index (χ0v) is 16.0. The summed E-state index contributed by atoms with van der Waals surface area (Å²) in [4.78, 5) is 0. The molecule has 1 aromatic heterocycles. The van der Waals surface area contributed by atoms with Crippen LogP contribution in [0, 0.1) is 0 Å². The number of rotatable bonds is 2. The standard InChI is InChI=1S/C18H16S.2C2H6/c1-3-7-13(4-2)14-10-11-18-16(12-14)15-8-5-6-9-17(15)19-18;2*1-2/h3-12H,1-2H3;2*1-2H3/b7-3+,13-4+;;. The van der Waals surface area contributed by atoms with Gasteiger partial charge in [0.2, 0.25) is 0 Å². The van der Waals surface area contributed by atoms with Crippen LogP contribution < -0.4 is 0 Å². The highest BCUT2D eigenvalue weighted by molar-refractivity contribution is 7.25. The van der Waals surface area contributed by atoms with Crippen molar-refractivity contribution in [2.75, 3.05) is 0 Å². The predicted octanol–water partition coefficient (Wildman–Crippen LogP) is 8.09. The fraction of sp³-hybridized carbons (Fsp3) is 0.273. The first-order valence-corrected chi connectivity index (χ1v) is 9.36. The average Bonchev–Trinajstić information content (AvgIpc) is 3.01. The number of thiophene rings is 1. The van der Waals surface area contributed by atoms with Crippen molar-refractivity contribution in [1.29, 1.82) is 0 Å². The smallest absolute Gasteiger partial charge is 0.0355 e. The number of hydrogen-bond acceptors (Lipinski definition) is 1. The molecule has 3 rings (SSSR count). The highest BCUT2D eigenvalue weighted by atomic mass is 32.1. The lowest BCUT2D eigenvalue weighted by molar-refractivity contribution is 1.50. The molecule has 0 spiro atoms. The Kier molecular flexibility index (Phi) is 8.36. The summed E-state index contributed by atoms with van der Waals surface area (Å²) >= 11 is 1.87. The van der Waals surface area contributed by atoms with E-state index in [0.29, 0.717) is 0 Å². The Morgan fingerprint density at radius 2 is 1.48 bits per heavy atom. The van der Waals surface area contributed by atoms with Gasteiger partial charge in [-0.25, -0.2) is 0 Å². The first-order chi connectivity index (χ1) is 11.3. The van der Waals surface area contributed by atoms with E-state index >= 15 is 0 Å². The summed E-state index contributed by atoms with van der Waals surface area (Å²) < 4.78 is 2.73. The lowest BCUT2D eigenvalue weighted by atomic mass is 10.0. The molecule has 0 aliphatic heterocycles. The van der Waals surface area contributed by atoms with Crippen LogP contribution in [-0.4, -0.2) is 0 Å². The summed E-state index contributed by atoms with van der Waals surface area (Å²) in [6.45, 7) is 12.1. The molecule has 0 bridgehead atoms. The second-order valence-electron chi connectivity index (χ2n) is 4.55. The predicted molar refractivity (Wildman–Crippen MR) is 110 cm³/mol. The topological polar surface area (TPSA) is 0 Å². The molecule has 0 amide bonds. The molecule has 0 atom stereocenters. The van der Waals surface area contributed by atoms with Gasteiger partial charge in [0.1, 0.15) is 0 Å². The van der Waals surface area contributed by atoms with Crippen LogP contribution in [0.1, 0.15) is 47.1 Å². The van der Waals surface area contributed by atoms with Crippen molar-refractivity contribution in [2.45, 2.75) is 41.5 Å². The molecule has 0 nitrogen and oxygen atoms in total. The average molecular weight is 325 g/mol. The third kappa shape index (κ3) is 4.33. The van der Waals surface area contributed by atoms with Crippen molar-refractivity contribution < 1.29 is 0 Å². The largest absolute Gasteiger partial charge is 0.135 e. The van der Waals surface area contributed by atoms with Gasteiger partial charge in [0.15, 0.2) is 0 Å². The van der Waals surface area contributed by atoms with E-state index in [9.17, 15) is 0 Å². The maximum atomic E-state index is 2.31. The van der Waals surface area contributed by atoms with Gasteiger partial charge in [0, 0.05) is 20.2 Å². The number of allylic oxidation sites excluding steroid dienone is 4. The third-order valence-corrected chi connectivity index (χ3v) is 4.52. The van der Waals surface area contributed by atoms with Crippen molar-refractivity contribution in [2.24, 2.45) is 0 Å². The van der Waals surface area contributed by atoms with Crippen molar-refractivity contribution in [1.82, 2.24) is 0 Å². The third-order valence-electron chi connectivity index (χ3n) is 3.37. The molecule has 0 saturated heterocycles. The Bertz CT molecular complexity index is 788. The summed E-state index contributed by atoms with van der Waals surface area (Å²) in [7, 11) is 0. The van der Waals surface area contributed by atoms with E-state index in [1.807, 2.05) is 39.0 Å². The molecule has 0 unspecified atom stereocenters. The van der Waals surface area contributed by atoms with Gasteiger partial charge in [0.05, 0.1) is 0 Å². The lowest BCUT2D eigenvalue weighted by Crippen LogP contribution is -1.79. The van der Waals surface area contributed by atoms with Crippen LogP contribution in [0.25, 0.3) is 25.7 Å². The molecular weight excluding hydrogens is 296 g/mol. The molecule has 0 aliphatic carbocycles. The fourth-order valence-electron chi connectivity index (χ4n) is 2.44. The quantitative estimate of drug-likeness (QED) is 0.418. The van der Waals surface area contributed by atoms with Gasteiger partial charge in [-0.2, -0.15) is 0 Å². The van der Waals surface area contributed by atoms with Crippen molar-refractivity contribution >= 4 is 37.1 Å². The Hall–Kier alpha value is -1.86. The van der Waals surface area contributed by atoms with E-state index in [1.54, 1.807) is 0 Å². The Balaban J connectivity index is 0.000000615. The minimum absolute atomic E-state index is 1.28. The normalized spacial score (nSPS) is 11.1. The Morgan fingerprint density at radius 3 is 2.13 bits per heavy atom. The van der Waals surface area contributed by atoms with Crippen LogP contribution in [-0.2, 0) is 0 Å². The van der Waals surface area contributed by atoms with Gasteiger partial charge in [-0.05, 0) is 43.2 Å². The summed E-state index contributed by atoms with van der Waals surface area (Å²) in [5.41, 5.74) is 2.57. The summed E-state index contributed by atoms with van der Waals surface area (Å²) in [6.07, 6.45) is 6.41. The van der Waals surface area contributed by atoms with Crippen LogP contribution in [0.4, 0.5) is 0 Å². The van der Waals surface area contributed by atoms with Gasteiger partial charge >= 0.3 is 0 Å². The molecule has 0 radical (unpaired) electrons. The fourth-order valence-corrected chi connectivity index (χ4v) is 3.53. The van der Waals surface area contributed by atoms with Crippen LogP contribution in [0.5, 0.6) is 0 Å². The molecule has 1 heteroatoms. The number of hydrogen-bond donors (Lipinski definition) is 0. The zero-order valence-electron chi connectivity index (χ0n) is 15.2. The zero-order chi connectivity index (χ0) is 17.2. The molecule has 0 saturated carbocycles. The number of fused-ring (bicyclic) bond motifs is 3. The first-order valence-electron chi connectivity index (χ1n) is 8.54. The molecule has 1 heterocycles. The van der Waals surface area contributed by atoms with Gasteiger partial charge in [-0.3, -0.25) is 0 Å². The molecule has 0 N–H and O–H groups in total. The molecule has 3 aromatic rings. The molecule has 122 valence electrons. The highest BCUT2D eigenvalue weighted by Crippen LogP contribution is 2.35. The molecule has 23 heavy (non-hydrogen) atoms. The second-order valence-corrected chi connectivity index (χ2v) is 5.64. The minimum atomic E-state index is 1.28. The lowest BCUT2D eigenvalue weighted by Gasteiger charge is -2.02. The highest BCUT2D eigenvalue weighted by Gasteiger charge is 2.06. The minimum Gasteiger partial charge on any atom is -0.135 e. The second kappa shape index (κ2) is 10.0. The number of benzene rings is 2. The Morgan fingerprint density at radius 1 is 0.826 bits per heavy atom. The van der Waals surface area contributed by atoms with E-state index in [1.165, 1.54) is 31.3 Å². The maximum Gasteiger partial charge on any atom is 0.0355 e. The van der Waals surface area contributed by atoms with Crippen LogP contribution in [0.2, 0.25) is 0 Å². The van der Waals surface area contributed by atoms with Gasteiger partial charge < -0.3 is 0 Å². The molecule has 2 aromatic carbocycles. The molecule has 0 aliphatic rings. The van der Waals surface area contributed by atoms with E-state index in [4.69, 9.17) is 0 Å². The van der Waals surface area contributed by atoms with E-state index in [0.717, 1.165) is 0 Å². The monoisotopic (exact) mass is 324 g/mol. The van der Waals surface area contributed by atoms with Crippen LogP contribution in [0.15, 0.2) is 60.7 Å². The van der Waals surface area contributed by atoms with E-state index in [2.05, 4.69) is 74.5 Å². The van der Waals surface area contributed by atoms with Gasteiger partial charge in [-0.1, -0.05) is 70.2 Å². The SMILES string of the molecule is C/C=C/C(=C\C)c1ccc2sc3ccccc3c2c1.CC.CC. The van der Waals surface area contributed by atoms with Crippen LogP contribution in [0.3, 0.4) is 0 Å². The summed E-state index contributed by atoms with van der Waals surface area (Å²) in [5, 5.41) is 2.72. The Labute approximate surface area is 145 Å².